The van der Waals surface area contributed by atoms with Crippen LogP contribution in [0.2, 0.25) is 0 Å². The highest BCUT2D eigenvalue weighted by Crippen LogP contribution is 2.24. The summed E-state index contributed by atoms with van der Waals surface area (Å²) < 4.78 is 5.07. The first-order valence-electron chi connectivity index (χ1n) is 4.14. The van der Waals surface area contributed by atoms with Crippen molar-refractivity contribution in [3.63, 3.8) is 0 Å². The molecule has 0 N–H and O–H groups in total. The minimum Gasteiger partial charge on any atom is -0.440 e. The number of cyclic esters (lactones) is 1. The molecule has 0 aliphatic carbocycles. The quantitative estimate of drug-likeness (QED) is 0.588. The van der Waals surface area contributed by atoms with Gasteiger partial charge in [-0.3, -0.25) is 0 Å². The summed E-state index contributed by atoms with van der Waals surface area (Å²) in [5.41, 5.74) is 0. The summed E-state index contributed by atoms with van der Waals surface area (Å²) in [6.07, 6.45) is 1.28. The van der Waals surface area contributed by atoms with E-state index in [0.29, 0.717) is 5.92 Å². The Morgan fingerprint density at radius 3 is 2.58 bits per heavy atom. The van der Waals surface area contributed by atoms with Gasteiger partial charge in [0.15, 0.2) is 0 Å². The van der Waals surface area contributed by atoms with Crippen LogP contribution in [-0.2, 0) is 4.74 Å². The highest BCUT2D eigenvalue weighted by molar-refractivity contribution is 5.70. The number of rotatable bonds is 2. The molecule has 1 aliphatic heterocycles. The third-order valence-electron chi connectivity index (χ3n) is 2.22. The van der Waals surface area contributed by atoms with Crippen molar-refractivity contribution in [2.75, 3.05) is 7.05 Å². The van der Waals surface area contributed by atoms with Crippen molar-refractivity contribution >= 4 is 6.09 Å². The first-order chi connectivity index (χ1) is 5.57. The van der Waals surface area contributed by atoms with Crippen LogP contribution in [0.15, 0.2) is 12.7 Å². The number of carbonyl (C=O) groups excluding carboxylic acids is 1. The van der Waals surface area contributed by atoms with Crippen LogP contribution in [0.4, 0.5) is 4.79 Å². The van der Waals surface area contributed by atoms with Gasteiger partial charge in [-0.1, -0.05) is 20.4 Å². The maximum absolute atomic E-state index is 11.1. The molecule has 0 radical (unpaired) electrons. The van der Waals surface area contributed by atoms with Crippen molar-refractivity contribution in [2.45, 2.75) is 26.0 Å². The van der Waals surface area contributed by atoms with E-state index < -0.39 is 0 Å². The van der Waals surface area contributed by atoms with Crippen molar-refractivity contribution in [2.24, 2.45) is 5.92 Å². The molecule has 3 nitrogen and oxygen atoms in total. The van der Waals surface area contributed by atoms with E-state index in [1.807, 2.05) is 0 Å². The standard InChI is InChI=1S/C9H15NO2/c1-5-7-8(6(2)3)10(4)9(11)12-7/h5-8H,1H2,2-4H3/t7-,8-/m1/s1. The molecule has 1 rings (SSSR count). The molecule has 0 aromatic rings. The maximum atomic E-state index is 11.1. The van der Waals surface area contributed by atoms with Gasteiger partial charge in [-0.2, -0.15) is 0 Å². The van der Waals surface area contributed by atoms with Gasteiger partial charge in [-0.05, 0) is 12.0 Å². The first kappa shape index (κ1) is 9.10. The Hall–Kier alpha value is -0.990. The third kappa shape index (κ3) is 1.31. The van der Waals surface area contributed by atoms with Gasteiger partial charge >= 0.3 is 6.09 Å². The lowest BCUT2D eigenvalue weighted by atomic mass is 9.98. The van der Waals surface area contributed by atoms with E-state index in [9.17, 15) is 4.79 Å². The van der Waals surface area contributed by atoms with Gasteiger partial charge in [0.1, 0.15) is 6.10 Å². The lowest BCUT2D eigenvalue weighted by Gasteiger charge is -2.22. The largest absolute Gasteiger partial charge is 0.440 e. The zero-order chi connectivity index (χ0) is 9.30. The fourth-order valence-corrected chi connectivity index (χ4v) is 1.63. The summed E-state index contributed by atoms with van der Waals surface area (Å²) >= 11 is 0. The smallest absolute Gasteiger partial charge is 0.410 e. The fraction of sp³-hybridized carbons (Fsp3) is 0.667. The van der Waals surface area contributed by atoms with E-state index in [1.165, 1.54) is 0 Å². The van der Waals surface area contributed by atoms with E-state index >= 15 is 0 Å². The molecule has 3 heteroatoms. The summed E-state index contributed by atoms with van der Waals surface area (Å²) in [6.45, 7) is 7.78. The number of carbonyl (C=O) groups is 1. The SMILES string of the molecule is C=C[C@H]1OC(=O)N(C)[C@@H]1C(C)C. The molecule has 1 heterocycles. The molecule has 1 saturated heterocycles. The number of ether oxygens (including phenoxy) is 1. The highest BCUT2D eigenvalue weighted by Gasteiger charge is 2.39. The Bertz CT molecular complexity index is 201. The van der Waals surface area contributed by atoms with E-state index in [4.69, 9.17) is 4.74 Å². The molecule has 0 bridgehead atoms. The monoisotopic (exact) mass is 169 g/mol. The van der Waals surface area contributed by atoms with Crippen LogP contribution in [0.25, 0.3) is 0 Å². The Morgan fingerprint density at radius 1 is 1.67 bits per heavy atom. The molecule has 68 valence electrons. The van der Waals surface area contributed by atoms with E-state index in [0.717, 1.165) is 0 Å². The van der Waals surface area contributed by atoms with Crippen LogP contribution in [-0.4, -0.2) is 30.2 Å². The molecule has 12 heavy (non-hydrogen) atoms. The van der Waals surface area contributed by atoms with Gasteiger partial charge in [0, 0.05) is 7.05 Å². The second-order valence-electron chi connectivity index (χ2n) is 3.43. The summed E-state index contributed by atoms with van der Waals surface area (Å²) in [5.74, 6) is 0.393. The molecule has 0 spiro atoms. The number of hydrogen-bond donors (Lipinski definition) is 0. The number of hydrogen-bond acceptors (Lipinski definition) is 2. The minimum absolute atomic E-state index is 0.134. The minimum atomic E-state index is -0.251. The van der Waals surface area contributed by atoms with E-state index in [1.54, 1.807) is 18.0 Å². The average Bonchev–Trinajstić information content (AvgIpc) is 2.28. The maximum Gasteiger partial charge on any atom is 0.410 e. The molecular weight excluding hydrogens is 154 g/mol. The molecule has 0 unspecified atom stereocenters. The Morgan fingerprint density at radius 2 is 2.25 bits per heavy atom. The van der Waals surface area contributed by atoms with Crippen molar-refractivity contribution in [1.29, 1.82) is 0 Å². The van der Waals surface area contributed by atoms with Crippen LogP contribution in [0.3, 0.4) is 0 Å². The molecule has 2 atom stereocenters. The number of amides is 1. The highest BCUT2D eigenvalue weighted by atomic mass is 16.6. The Kier molecular flexibility index (Phi) is 2.40. The van der Waals surface area contributed by atoms with Crippen LogP contribution in [0, 0.1) is 5.92 Å². The summed E-state index contributed by atoms with van der Waals surface area (Å²) in [5, 5.41) is 0. The normalized spacial score (nSPS) is 29.3. The Labute approximate surface area is 73.0 Å². The van der Waals surface area contributed by atoms with Crippen LogP contribution < -0.4 is 0 Å². The predicted octanol–water partition coefficient (Wildman–Crippen LogP) is 1.65. The van der Waals surface area contributed by atoms with Crippen LogP contribution in [0.1, 0.15) is 13.8 Å². The molecule has 0 aromatic carbocycles. The van der Waals surface area contributed by atoms with Gasteiger partial charge in [0.05, 0.1) is 6.04 Å². The Balaban J connectivity index is 2.80. The lowest BCUT2D eigenvalue weighted by Crippen LogP contribution is -2.37. The number of nitrogens with zero attached hydrogens (tertiary/aromatic N) is 1. The van der Waals surface area contributed by atoms with Gasteiger partial charge in [-0.25, -0.2) is 4.79 Å². The van der Waals surface area contributed by atoms with Crippen molar-refractivity contribution in [1.82, 2.24) is 4.90 Å². The molecule has 0 aromatic heterocycles. The molecule has 1 amide bonds. The van der Waals surface area contributed by atoms with E-state index in [-0.39, 0.29) is 18.2 Å². The second-order valence-corrected chi connectivity index (χ2v) is 3.43. The molecule has 1 aliphatic rings. The molecular formula is C9H15NO2. The van der Waals surface area contributed by atoms with Crippen molar-refractivity contribution in [3.05, 3.63) is 12.7 Å². The second kappa shape index (κ2) is 3.17. The average molecular weight is 169 g/mol. The number of likely N-dealkylation sites (N-methyl/N-ethyl adjacent to an activating group) is 1. The van der Waals surface area contributed by atoms with Gasteiger partial charge < -0.3 is 9.64 Å². The van der Waals surface area contributed by atoms with Gasteiger partial charge in [-0.15, -0.1) is 0 Å². The van der Waals surface area contributed by atoms with Gasteiger partial charge in [0.25, 0.3) is 0 Å². The topological polar surface area (TPSA) is 29.5 Å². The lowest BCUT2D eigenvalue weighted by molar-refractivity contribution is 0.147. The first-order valence-corrected chi connectivity index (χ1v) is 4.14. The molecule has 0 saturated carbocycles. The van der Waals surface area contributed by atoms with Crippen LogP contribution in [0.5, 0.6) is 0 Å². The van der Waals surface area contributed by atoms with Gasteiger partial charge in [0.2, 0.25) is 0 Å². The van der Waals surface area contributed by atoms with Crippen molar-refractivity contribution in [3.8, 4) is 0 Å². The summed E-state index contributed by atoms with van der Waals surface area (Å²) in [6, 6.07) is 0.134. The fourth-order valence-electron chi connectivity index (χ4n) is 1.63. The van der Waals surface area contributed by atoms with Crippen LogP contribution >= 0.6 is 0 Å². The summed E-state index contributed by atoms with van der Waals surface area (Å²) in [7, 11) is 1.76. The molecule has 1 fully saturated rings. The third-order valence-corrected chi connectivity index (χ3v) is 2.22. The van der Waals surface area contributed by atoms with E-state index in [2.05, 4.69) is 20.4 Å². The summed E-state index contributed by atoms with van der Waals surface area (Å²) in [4.78, 5) is 12.8. The predicted molar refractivity (Wildman–Crippen MR) is 46.9 cm³/mol. The zero-order valence-corrected chi connectivity index (χ0v) is 7.78. The van der Waals surface area contributed by atoms with Crippen molar-refractivity contribution < 1.29 is 9.53 Å². The zero-order valence-electron chi connectivity index (χ0n) is 7.78.